The first-order valence-electron chi connectivity index (χ1n) is 9.74. The van der Waals surface area contributed by atoms with E-state index in [1.54, 1.807) is 24.3 Å². The van der Waals surface area contributed by atoms with Crippen LogP contribution in [0.2, 0.25) is 5.02 Å². The van der Waals surface area contributed by atoms with Crippen LogP contribution in [0.3, 0.4) is 0 Å². The van der Waals surface area contributed by atoms with Crippen molar-refractivity contribution in [3.8, 4) is 5.75 Å². The fourth-order valence-electron chi connectivity index (χ4n) is 3.30. The molecule has 1 heterocycles. The van der Waals surface area contributed by atoms with Crippen molar-refractivity contribution in [3.63, 3.8) is 0 Å². The number of nitrogens with zero attached hydrogens (tertiary/aromatic N) is 2. The number of aryl methyl sites for hydroxylation is 1. The molecule has 4 rings (SSSR count). The molecule has 0 aliphatic heterocycles. The summed E-state index contributed by atoms with van der Waals surface area (Å²) in [6, 6.07) is 23.2. The highest BCUT2D eigenvalue weighted by Crippen LogP contribution is 2.19. The SMILES string of the molecule is Cc1ccccc1Cn1c(CNC(=O)COc2ccc(Cl)cc2)nc2ccccc21. The average Bonchev–Trinajstić information content (AvgIpc) is 3.11. The van der Waals surface area contributed by atoms with Gasteiger partial charge in [0.2, 0.25) is 0 Å². The Bertz CT molecular complexity index is 1170. The second-order valence-electron chi connectivity index (χ2n) is 7.05. The minimum absolute atomic E-state index is 0.0698. The van der Waals surface area contributed by atoms with Crippen molar-refractivity contribution in [2.24, 2.45) is 0 Å². The molecule has 1 aromatic heterocycles. The Kier molecular flexibility index (Phi) is 6.00. The first-order valence-corrected chi connectivity index (χ1v) is 10.1. The van der Waals surface area contributed by atoms with Crippen molar-refractivity contribution in [1.29, 1.82) is 0 Å². The Hall–Kier alpha value is -3.31. The highest BCUT2D eigenvalue weighted by atomic mass is 35.5. The molecule has 4 aromatic rings. The fraction of sp³-hybridized carbons (Fsp3) is 0.167. The zero-order valence-electron chi connectivity index (χ0n) is 16.6. The molecule has 0 unspecified atom stereocenters. The van der Waals surface area contributed by atoms with Gasteiger partial charge in [0.1, 0.15) is 11.6 Å². The molecule has 30 heavy (non-hydrogen) atoms. The fourth-order valence-corrected chi connectivity index (χ4v) is 3.43. The lowest BCUT2D eigenvalue weighted by atomic mass is 10.1. The van der Waals surface area contributed by atoms with Crippen molar-refractivity contribution >= 4 is 28.5 Å². The van der Waals surface area contributed by atoms with Crippen LogP contribution in [0.25, 0.3) is 11.0 Å². The van der Waals surface area contributed by atoms with E-state index in [0.717, 1.165) is 16.9 Å². The van der Waals surface area contributed by atoms with Gasteiger partial charge in [0.15, 0.2) is 6.61 Å². The molecule has 6 heteroatoms. The molecule has 0 saturated carbocycles. The van der Waals surface area contributed by atoms with Gasteiger partial charge in [0, 0.05) is 11.6 Å². The predicted molar refractivity (Wildman–Crippen MR) is 119 cm³/mol. The van der Waals surface area contributed by atoms with Crippen molar-refractivity contribution < 1.29 is 9.53 Å². The van der Waals surface area contributed by atoms with Gasteiger partial charge in [-0.2, -0.15) is 0 Å². The summed E-state index contributed by atoms with van der Waals surface area (Å²) in [7, 11) is 0. The van der Waals surface area contributed by atoms with Gasteiger partial charge in [-0.1, -0.05) is 48.0 Å². The van der Waals surface area contributed by atoms with Crippen molar-refractivity contribution in [2.45, 2.75) is 20.0 Å². The predicted octanol–water partition coefficient (Wildman–Crippen LogP) is 4.74. The molecule has 0 radical (unpaired) electrons. The van der Waals surface area contributed by atoms with Crippen LogP contribution in [-0.2, 0) is 17.9 Å². The largest absolute Gasteiger partial charge is 0.484 e. The van der Waals surface area contributed by atoms with Crippen molar-refractivity contribution in [2.75, 3.05) is 6.61 Å². The summed E-state index contributed by atoms with van der Waals surface area (Å²) in [6.45, 7) is 3.05. The number of amides is 1. The number of imidazole rings is 1. The summed E-state index contributed by atoms with van der Waals surface area (Å²) in [6.07, 6.45) is 0. The Morgan fingerprint density at radius 3 is 2.57 bits per heavy atom. The number of nitrogens with one attached hydrogen (secondary N) is 1. The second-order valence-corrected chi connectivity index (χ2v) is 7.49. The molecule has 0 spiro atoms. The molecule has 0 bridgehead atoms. The number of rotatable bonds is 7. The number of halogens is 1. The smallest absolute Gasteiger partial charge is 0.258 e. The van der Waals surface area contributed by atoms with Gasteiger partial charge >= 0.3 is 0 Å². The molecule has 0 saturated heterocycles. The lowest BCUT2D eigenvalue weighted by Crippen LogP contribution is -2.29. The van der Waals surface area contributed by atoms with Gasteiger partial charge in [0.25, 0.3) is 5.91 Å². The van der Waals surface area contributed by atoms with E-state index in [4.69, 9.17) is 21.3 Å². The monoisotopic (exact) mass is 419 g/mol. The van der Waals surface area contributed by atoms with E-state index in [9.17, 15) is 4.79 Å². The first kappa shape index (κ1) is 20.0. The summed E-state index contributed by atoms with van der Waals surface area (Å²) in [5.41, 5.74) is 4.40. The molecule has 152 valence electrons. The van der Waals surface area contributed by atoms with E-state index >= 15 is 0 Å². The molecule has 0 fully saturated rings. The van der Waals surface area contributed by atoms with E-state index in [2.05, 4.69) is 35.0 Å². The Morgan fingerprint density at radius 2 is 1.77 bits per heavy atom. The van der Waals surface area contributed by atoms with E-state index in [1.807, 2.05) is 30.3 Å². The lowest BCUT2D eigenvalue weighted by molar-refractivity contribution is -0.123. The third kappa shape index (κ3) is 4.63. The van der Waals surface area contributed by atoms with Gasteiger partial charge in [-0.3, -0.25) is 4.79 Å². The van der Waals surface area contributed by atoms with E-state index in [-0.39, 0.29) is 12.5 Å². The Balaban J connectivity index is 1.47. The van der Waals surface area contributed by atoms with Crippen molar-refractivity contribution in [1.82, 2.24) is 14.9 Å². The highest BCUT2D eigenvalue weighted by Gasteiger charge is 2.13. The number of hydrogen-bond donors (Lipinski definition) is 1. The normalized spacial score (nSPS) is 10.9. The van der Waals surface area contributed by atoms with Crippen LogP contribution < -0.4 is 10.1 Å². The van der Waals surface area contributed by atoms with Crippen LogP contribution in [0.1, 0.15) is 17.0 Å². The molecule has 1 amide bonds. The number of hydrogen-bond acceptors (Lipinski definition) is 3. The number of benzene rings is 3. The van der Waals surface area contributed by atoms with Crippen LogP contribution in [0.5, 0.6) is 5.75 Å². The van der Waals surface area contributed by atoms with E-state index in [1.165, 1.54) is 11.1 Å². The van der Waals surface area contributed by atoms with Gasteiger partial charge < -0.3 is 14.6 Å². The first-order chi connectivity index (χ1) is 14.6. The third-order valence-corrected chi connectivity index (χ3v) is 5.20. The lowest BCUT2D eigenvalue weighted by Gasteiger charge is -2.12. The third-order valence-electron chi connectivity index (χ3n) is 4.95. The zero-order chi connectivity index (χ0) is 20.9. The van der Waals surface area contributed by atoms with Crippen molar-refractivity contribution in [3.05, 3.63) is 94.8 Å². The van der Waals surface area contributed by atoms with Crippen LogP contribution in [0, 0.1) is 6.92 Å². The van der Waals surface area contributed by atoms with E-state index in [0.29, 0.717) is 23.9 Å². The average molecular weight is 420 g/mol. The molecular formula is C24H22ClN3O2. The number of ether oxygens (including phenoxy) is 1. The minimum Gasteiger partial charge on any atom is -0.484 e. The second kappa shape index (κ2) is 9.01. The van der Waals surface area contributed by atoms with Gasteiger partial charge in [-0.15, -0.1) is 0 Å². The number of carbonyl (C=O) groups excluding carboxylic acids is 1. The summed E-state index contributed by atoms with van der Waals surface area (Å²) < 4.78 is 7.66. The Morgan fingerprint density at radius 1 is 1.03 bits per heavy atom. The zero-order valence-corrected chi connectivity index (χ0v) is 17.4. The summed E-state index contributed by atoms with van der Waals surface area (Å²) >= 11 is 5.86. The van der Waals surface area contributed by atoms with Crippen LogP contribution >= 0.6 is 11.6 Å². The minimum atomic E-state index is -0.209. The quantitative estimate of drug-likeness (QED) is 0.470. The molecule has 0 aliphatic carbocycles. The standard InChI is InChI=1S/C24H22ClN3O2/c1-17-6-2-3-7-18(17)15-28-22-9-5-4-8-21(22)27-23(28)14-26-24(29)16-30-20-12-10-19(25)11-13-20/h2-13H,14-16H2,1H3,(H,26,29). The molecule has 1 N–H and O–H groups in total. The van der Waals surface area contributed by atoms with Gasteiger partial charge in [0.05, 0.1) is 17.6 Å². The summed E-state index contributed by atoms with van der Waals surface area (Å²) in [4.78, 5) is 17.0. The maximum Gasteiger partial charge on any atom is 0.258 e. The number of aromatic nitrogens is 2. The van der Waals surface area contributed by atoms with Crippen LogP contribution in [0.4, 0.5) is 0 Å². The van der Waals surface area contributed by atoms with Crippen LogP contribution in [-0.4, -0.2) is 22.1 Å². The number of para-hydroxylation sites is 2. The molecular weight excluding hydrogens is 398 g/mol. The molecule has 0 aliphatic rings. The molecule has 0 atom stereocenters. The van der Waals surface area contributed by atoms with Gasteiger partial charge in [-0.25, -0.2) is 4.98 Å². The summed E-state index contributed by atoms with van der Waals surface area (Å²) in [5, 5.41) is 3.53. The maximum absolute atomic E-state index is 12.3. The Labute approximate surface area is 180 Å². The molecule has 5 nitrogen and oxygen atoms in total. The summed E-state index contributed by atoms with van der Waals surface area (Å²) in [5.74, 6) is 1.19. The van der Waals surface area contributed by atoms with Gasteiger partial charge in [-0.05, 0) is 54.4 Å². The molecule has 3 aromatic carbocycles. The number of fused-ring (bicyclic) bond motifs is 1. The van der Waals surface area contributed by atoms with E-state index < -0.39 is 0 Å². The topological polar surface area (TPSA) is 56.2 Å². The number of carbonyl (C=O) groups is 1. The highest BCUT2D eigenvalue weighted by molar-refractivity contribution is 6.30. The maximum atomic E-state index is 12.3. The van der Waals surface area contributed by atoms with Crippen LogP contribution in [0.15, 0.2) is 72.8 Å².